The summed E-state index contributed by atoms with van der Waals surface area (Å²) >= 11 is 7.17. The molecule has 0 spiro atoms. The normalized spacial score (nSPS) is 36.6. The molecule has 3 rings (SSSR count). The summed E-state index contributed by atoms with van der Waals surface area (Å²) in [5.41, 5.74) is 2.83. The molecule has 0 fully saturated rings. The number of aliphatic hydroxyl groups is 1. The van der Waals surface area contributed by atoms with Gasteiger partial charge in [0.2, 0.25) is 0 Å². The Balaban J connectivity index is 1.90. The van der Waals surface area contributed by atoms with Crippen LogP contribution in [0.3, 0.4) is 0 Å². The molecule has 1 aromatic rings. The van der Waals surface area contributed by atoms with E-state index in [1.54, 1.807) is 0 Å². The van der Waals surface area contributed by atoms with Crippen LogP contribution in [0.4, 0.5) is 0 Å². The third-order valence-corrected chi connectivity index (χ3v) is 5.47. The lowest BCUT2D eigenvalue weighted by atomic mass is 9.70. The first-order chi connectivity index (χ1) is 7.68. The molecule has 1 aromatic carbocycles. The van der Waals surface area contributed by atoms with Crippen molar-refractivity contribution in [3.63, 3.8) is 0 Å². The molecule has 16 heavy (non-hydrogen) atoms. The van der Waals surface area contributed by atoms with E-state index < -0.39 is 0 Å². The van der Waals surface area contributed by atoms with Crippen LogP contribution >= 0.6 is 31.9 Å². The van der Waals surface area contributed by atoms with Gasteiger partial charge in [0.05, 0.1) is 6.10 Å². The Kier molecular flexibility index (Phi) is 2.73. The summed E-state index contributed by atoms with van der Waals surface area (Å²) in [6.07, 6.45) is 2.69. The first kappa shape index (κ1) is 11.0. The Hall–Kier alpha value is -0.120. The van der Waals surface area contributed by atoms with Gasteiger partial charge in [-0.15, -0.1) is 0 Å². The zero-order valence-corrected chi connectivity index (χ0v) is 11.8. The van der Waals surface area contributed by atoms with Crippen molar-refractivity contribution < 1.29 is 5.11 Å². The van der Waals surface area contributed by atoms with E-state index in [-0.39, 0.29) is 6.10 Å². The van der Waals surface area contributed by atoms with Gasteiger partial charge in [-0.1, -0.05) is 62.2 Å². The first-order valence-electron chi connectivity index (χ1n) is 5.46. The highest BCUT2D eigenvalue weighted by Gasteiger charge is 2.42. The minimum absolute atomic E-state index is 0.308. The Labute approximate surface area is 112 Å². The number of benzene rings is 1. The van der Waals surface area contributed by atoms with Crippen molar-refractivity contribution in [1.29, 1.82) is 0 Å². The molecule has 84 valence electrons. The fourth-order valence-corrected chi connectivity index (χ4v) is 4.39. The van der Waals surface area contributed by atoms with E-state index in [0.717, 1.165) is 10.9 Å². The van der Waals surface area contributed by atoms with Gasteiger partial charge >= 0.3 is 0 Å². The Morgan fingerprint density at radius 2 is 1.88 bits per heavy atom. The molecule has 2 aliphatic rings. The number of allylic oxidation sites excluding steroid dienone is 1. The minimum atomic E-state index is -0.308. The second-order valence-corrected chi connectivity index (χ2v) is 6.43. The Bertz CT molecular complexity index is 455. The predicted octanol–water partition coefficient (Wildman–Crippen LogP) is 3.88. The van der Waals surface area contributed by atoms with Gasteiger partial charge in [0, 0.05) is 15.2 Å². The van der Waals surface area contributed by atoms with Crippen LogP contribution in [-0.2, 0) is 0 Å². The molecular weight excluding hydrogens is 332 g/mol. The maximum absolute atomic E-state index is 9.74. The van der Waals surface area contributed by atoms with Gasteiger partial charge in [0.25, 0.3) is 0 Å². The molecule has 0 radical (unpaired) electrons. The lowest BCUT2D eigenvalue weighted by Gasteiger charge is -2.39. The molecule has 0 heterocycles. The maximum Gasteiger partial charge on any atom is 0.0857 e. The number of rotatable bonds is 1. The average molecular weight is 344 g/mol. The summed E-state index contributed by atoms with van der Waals surface area (Å²) in [4.78, 5) is 0.440. The second kappa shape index (κ2) is 3.97. The highest BCUT2D eigenvalue weighted by atomic mass is 79.9. The topological polar surface area (TPSA) is 20.2 Å². The molecule has 3 heteroatoms. The van der Waals surface area contributed by atoms with Crippen LogP contribution in [0, 0.1) is 5.92 Å². The molecule has 0 bridgehead atoms. The molecule has 1 nitrogen and oxygen atoms in total. The first-order valence-corrected chi connectivity index (χ1v) is 7.17. The molecule has 0 saturated carbocycles. The van der Waals surface area contributed by atoms with Crippen LogP contribution in [0.25, 0.3) is 0 Å². The van der Waals surface area contributed by atoms with Crippen molar-refractivity contribution in [2.75, 3.05) is 0 Å². The van der Waals surface area contributed by atoms with E-state index in [1.807, 2.05) is 0 Å². The lowest BCUT2D eigenvalue weighted by molar-refractivity contribution is 0.199. The van der Waals surface area contributed by atoms with E-state index in [0.29, 0.717) is 16.7 Å². The second-order valence-electron chi connectivity index (χ2n) is 4.52. The zero-order chi connectivity index (χ0) is 11.3. The summed E-state index contributed by atoms with van der Waals surface area (Å²) < 4.78 is 0.946. The minimum Gasteiger partial charge on any atom is -0.388 e. The van der Waals surface area contributed by atoms with Gasteiger partial charge in [-0.2, -0.15) is 0 Å². The lowest BCUT2D eigenvalue weighted by Crippen LogP contribution is -2.26. The van der Waals surface area contributed by atoms with Crippen molar-refractivity contribution in [3.05, 3.63) is 46.0 Å². The quantitative estimate of drug-likeness (QED) is 0.767. The summed E-state index contributed by atoms with van der Waals surface area (Å²) in [5.74, 6) is 0.963. The number of hydrogen-bond donors (Lipinski definition) is 1. The van der Waals surface area contributed by atoms with Gasteiger partial charge in [-0.05, 0) is 23.5 Å². The van der Waals surface area contributed by atoms with Crippen LogP contribution in [0.1, 0.15) is 28.3 Å². The van der Waals surface area contributed by atoms with Gasteiger partial charge in [0.1, 0.15) is 0 Å². The van der Waals surface area contributed by atoms with E-state index in [2.05, 4.69) is 62.2 Å². The molecule has 1 N–H and O–H groups in total. The van der Waals surface area contributed by atoms with Crippen LogP contribution in [0.5, 0.6) is 0 Å². The fraction of sp³-hybridized carbons (Fsp3) is 0.385. The summed E-state index contributed by atoms with van der Waals surface area (Å²) in [6.45, 7) is 0. The van der Waals surface area contributed by atoms with Crippen molar-refractivity contribution in [2.24, 2.45) is 5.92 Å². The molecule has 4 atom stereocenters. The van der Waals surface area contributed by atoms with E-state index in [9.17, 15) is 5.11 Å². The summed E-state index contributed by atoms with van der Waals surface area (Å²) in [6, 6.07) is 8.55. The molecular formula is C13H12Br2O. The molecule has 0 aromatic heterocycles. The molecule has 2 aliphatic carbocycles. The van der Waals surface area contributed by atoms with Crippen LogP contribution < -0.4 is 0 Å². The number of halogens is 2. The van der Waals surface area contributed by atoms with Gasteiger partial charge in [-0.3, -0.25) is 0 Å². The molecule has 1 unspecified atom stereocenters. The summed E-state index contributed by atoms with van der Waals surface area (Å²) in [7, 11) is 0. The van der Waals surface area contributed by atoms with Crippen LogP contribution in [-0.4, -0.2) is 11.2 Å². The van der Waals surface area contributed by atoms with E-state index in [4.69, 9.17) is 0 Å². The number of alkyl halides is 1. The van der Waals surface area contributed by atoms with Crippen LogP contribution in [0.15, 0.2) is 34.8 Å². The maximum atomic E-state index is 9.74. The predicted molar refractivity (Wildman–Crippen MR) is 72.0 cm³/mol. The van der Waals surface area contributed by atoms with Crippen molar-refractivity contribution >= 4 is 31.9 Å². The van der Waals surface area contributed by atoms with Crippen LogP contribution in [0.2, 0.25) is 0 Å². The summed E-state index contributed by atoms with van der Waals surface area (Å²) in [5, 5.41) is 9.74. The number of fused-ring (bicyclic) bond motifs is 1. The smallest absolute Gasteiger partial charge is 0.0857 e. The highest BCUT2D eigenvalue weighted by molar-refractivity contribution is 9.11. The van der Waals surface area contributed by atoms with Crippen molar-refractivity contribution in [3.8, 4) is 0 Å². The third kappa shape index (κ3) is 1.52. The Morgan fingerprint density at radius 3 is 2.50 bits per heavy atom. The monoisotopic (exact) mass is 342 g/mol. The Morgan fingerprint density at radius 1 is 1.19 bits per heavy atom. The largest absolute Gasteiger partial charge is 0.388 e. The molecule has 0 saturated heterocycles. The third-order valence-electron chi connectivity index (χ3n) is 3.62. The van der Waals surface area contributed by atoms with Gasteiger partial charge in [0.15, 0.2) is 0 Å². The average Bonchev–Trinajstić information content (AvgIpc) is 2.58. The van der Waals surface area contributed by atoms with Crippen molar-refractivity contribution in [1.82, 2.24) is 0 Å². The van der Waals surface area contributed by atoms with E-state index in [1.165, 1.54) is 11.1 Å². The SMILES string of the molecule is OC1C[C@H]([C@H]2c3ccccc3[C@@H]2Br)C=C1Br. The molecule has 0 amide bonds. The van der Waals surface area contributed by atoms with Crippen molar-refractivity contribution in [2.45, 2.75) is 23.3 Å². The van der Waals surface area contributed by atoms with Gasteiger partial charge < -0.3 is 5.11 Å². The molecule has 0 aliphatic heterocycles. The van der Waals surface area contributed by atoms with Gasteiger partial charge in [-0.25, -0.2) is 0 Å². The highest BCUT2D eigenvalue weighted by Crippen LogP contribution is 2.56. The fourth-order valence-electron chi connectivity index (χ4n) is 2.77. The number of aliphatic hydroxyl groups excluding tert-OH is 1. The number of hydrogen-bond acceptors (Lipinski definition) is 1. The standard InChI is InChI=1S/C13H12Br2O/c14-10-5-7(6-11(10)16)12-8-3-1-2-4-9(8)13(12)15/h1-5,7,11-13,16H,6H2/t7-,11?,12+,13+/m1/s1. The van der Waals surface area contributed by atoms with E-state index >= 15 is 0 Å². The zero-order valence-electron chi connectivity index (χ0n) is 8.61.